The lowest BCUT2D eigenvalue weighted by Crippen LogP contribution is -2.32. The molecular formula is C99H89Cl4N15. The largest absolute Gasteiger partial charge is 0.300 e. The van der Waals surface area contributed by atoms with Crippen LogP contribution in [0, 0.1) is 66.7 Å². The first-order valence-electron chi connectivity index (χ1n) is 40.0. The zero-order valence-electron chi connectivity index (χ0n) is 67.5. The maximum absolute atomic E-state index is 6.28. The SMILES string of the molecule is CC1c2c(c3cc(Cl)ccc3n2C#Cc2ccncc2)CCN1C.CCC1c2c(c3cc(Cl)ccc3n2C#Cc2ccncc2)CCN1C.CN1CCc2c(n(C#Cc3cccnc3)c3ccc(Cl)cc23)C1.CN1CCc2c(n(C#Cc3ccncc3)c3ccc(Cl)cc23)C1.Cc1ccc2c(c1)c1c(n2C#Cc2cccnc2)CN(C)CC1. The summed E-state index contributed by atoms with van der Waals surface area (Å²) in [6.07, 6.45) is 24.0. The molecule has 15 nitrogen and oxygen atoms in total. The Kier molecular flexibility index (Phi) is 24.5. The molecule has 0 spiro atoms. The molecule has 0 radical (unpaired) electrons. The summed E-state index contributed by atoms with van der Waals surface area (Å²) in [5, 5.41) is 9.37. The fourth-order valence-electron chi connectivity index (χ4n) is 16.8. The van der Waals surface area contributed by atoms with Crippen molar-refractivity contribution in [2.75, 3.05) is 68.0 Å². The Morgan fingerprint density at radius 1 is 0.339 bits per heavy atom. The molecular weight excluding hydrogens is 1540 g/mol. The van der Waals surface area contributed by atoms with E-state index in [2.05, 4.69) is 255 Å². The predicted octanol–water partition coefficient (Wildman–Crippen LogP) is 18.8. The van der Waals surface area contributed by atoms with Crippen molar-refractivity contribution in [2.45, 2.75) is 91.0 Å². The van der Waals surface area contributed by atoms with E-state index in [9.17, 15) is 0 Å². The number of aryl methyl sites for hydroxylation is 1. The molecule has 0 amide bonds. The number of hydrogen-bond acceptors (Lipinski definition) is 10. The molecule has 118 heavy (non-hydrogen) atoms. The third-order valence-electron chi connectivity index (χ3n) is 22.9. The van der Waals surface area contributed by atoms with Crippen molar-refractivity contribution in [3.8, 4) is 59.8 Å². The number of pyridine rings is 5. The van der Waals surface area contributed by atoms with Crippen LogP contribution in [0.2, 0.25) is 20.1 Å². The van der Waals surface area contributed by atoms with Gasteiger partial charge in [-0.15, -0.1) is 0 Å². The van der Waals surface area contributed by atoms with E-state index in [0.29, 0.717) is 12.1 Å². The second-order valence-electron chi connectivity index (χ2n) is 30.7. The molecule has 2 atom stereocenters. The topological polar surface area (TPSA) is 105 Å². The number of halogens is 4. The van der Waals surface area contributed by atoms with Crippen LogP contribution in [0.15, 0.2) is 214 Å². The number of fused-ring (bicyclic) bond motifs is 15. The molecule has 15 aromatic rings. The number of aromatic nitrogens is 10. The van der Waals surface area contributed by atoms with Gasteiger partial charge in [0.15, 0.2) is 0 Å². The van der Waals surface area contributed by atoms with Crippen molar-refractivity contribution >= 4 is 101 Å². The van der Waals surface area contributed by atoms with Gasteiger partial charge in [-0.1, -0.05) is 65.0 Å². The molecule has 20 rings (SSSR count). The average Bonchev–Trinajstić information content (AvgIpc) is 1.50. The average molecular weight is 1630 g/mol. The van der Waals surface area contributed by atoms with E-state index in [0.717, 1.165) is 161 Å². The molecule has 0 fully saturated rings. The minimum atomic E-state index is 0.326. The van der Waals surface area contributed by atoms with Crippen molar-refractivity contribution in [1.29, 1.82) is 0 Å². The molecule has 0 N–H and O–H groups in total. The van der Waals surface area contributed by atoms with Crippen LogP contribution in [0.1, 0.15) is 122 Å². The lowest BCUT2D eigenvalue weighted by Gasteiger charge is -2.32. The third kappa shape index (κ3) is 17.4. The summed E-state index contributed by atoms with van der Waals surface area (Å²) in [6.45, 7) is 14.7. The molecule has 0 saturated heterocycles. The minimum absolute atomic E-state index is 0.326. The molecule has 19 heteroatoms. The van der Waals surface area contributed by atoms with Gasteiger partial charge in [-0.2, -0.15) is 0 Å². The maximum atomic E-state index is 6.28. The molecule has 5 aliphatic rings. The first-order valence-corrected chi connectivity index (χ1v) is 41.5. The highest BCUT2D eigenvalue weighted by molar-refractivity contribution is 6.32. The van der Waals surface area contributed by atoms with E-state index in [4.69, 9.17) is 46.4 Å². The summed E-state index contributed by atoms with van der Waals surface area (Å²) >= 11 is 24.9. The molecule has 0 bridgehead atoms. The van der Waals surface area contributed by atoms with Crippen LogP contribution in [0.5, 0.6) is 0 Å². The molecule has 5 aliphatic heterocycles. The zero-order valence-corrected chi connectivity index (χ0v) is 70.5. The highest BCUT2D eigenvalue weighted by atomic mass is 35.5. The zero-order chi connectivity index (χ0) is 81.5. The molecule has 15 heterocycles. The Labute approximate surface area is 710 Å². The van der Waals surface area contributed by atoms with Gasteiger partial charge in [0, 0.05) is 243 Å². The van der Waals surface area contributed by atoms with Gasteiger partial charge < -0.3 is 14.7 Å². The van der Waals surface area contributed by atoms with E-state index in [1.807, 2.05) is 84.9 Å². The smallest absolute Gasteiger partial charge is 0.0619 e. The van der Waals surface area contributed by atoms with Gasteiger partial charge in [0.1, 0.15) is 0 Å². The second kappa shape index (κ2) is 36.0. The van der Waals surface area contributed by atoms with Gasteiger partial charge in [-0.3, -0.25) is 57.6 Å². The van der Waals surface area contributed by atoms with E-state index >= 15 is 0 Å². The summed E-state index contributed by atoms with van der Waals surface area (Å²) in [7, 11) is 10.8. The molecule has 0 saturated carbocycles. The fraction of sp³-hybridized carbons (Fsp3) is 0.242. The van der Waals surface area contributed by atoms with Gasteiger partial charge in [0.2, 0.25) is 0 Å². The lowest BCUT2D eigenvalue weighted by atomic mass is 9.96. The Bertz CT molecular complexity index is 6210. The monoisotopic (exact) mass is 1630 g/mol. The second-order valence-corrected chi connectivity index (χ2v) is 32.5. The van der Waals surface area contributed by atoms with E-state index in [1.165, 1.54) is 94.3 Å². The van der Waals surface area contributed by atoms with E-state index in [-0.39, 0.29) is 0 Å². The van der Waals surface area contributed by atoms with Crippen LogP contribution in [-0.2, 0) is 51.7 Å². The van der Waals surface area contributed by atoms with Gasteiger partial charge >= 0.3 is 0 Å². The maximum Gasteiger partial charge on any atom is 0.0619 e. The molecule has 588 valence electrons. The van der Waals surface area contributed by atoms with Crippen molar-refractivity contribution in [2.24, 2.45) is 0 Å². The molecule has 5 aromatic carbocycles. The Morgan fingerprint density at radius 3 is 1.04 bits per heavy atom. The highest BCUT2D eigenvalue weighted by Gasteiger charge is 2.32. The fourth-order valence-corrected chi connectivity index (χ4v) is 17.5. The number of benzene rings is 5. The summed E-state index contributed by atoms with van der Waals surface area (Å²) < 4.78 is 10.7. The lowest BCUT2D eigenvalue weighted by molar-refractivity contribution is 0.219. The normalized spacial score (nSPS) is 15.6. The number of hydrogen-bond donors (Lipinski definition) is 0. The summed E-state index contributed by atoms with van der Waals surface area (Å²) in [6, 6.07) is 67.8. The van der Waals surface area contributed by atoms with Gasteiger partial charge in [-0.25, -0.2) is 0 Å². The van der Waals surface area contributed by atoms with Crippen LogP contribution >= 0.6 is 46.4 Å². The Hall–Kier alpha value is -11.7. The van der Waals surface area contributed by atoms with Crippen LogP contribution in [0.4, 0.5) is 0 Å². The Balaban J connectivity index is 0.000000110. The van der Waals surface area contributed by atoms with Crippen LogP contribution in [0.3, 0.4) is 0 Å². The van der Waals surface area contributed by atoms with Crippen LogP contribution in [0.25, 0.3) is 54.5 Å². The van der Waals surface area contributed by atoms with Gasteiger partial charge in [0.05, 0.1) is 45.0 Å². The predicted molar refractivity (Wildman–Crippen MR) is 481 cm³/mol. The van der Waals surface area contributed by atoms with E-state index in [1.54, 1.807) is 62.0 Å². The Morgan fingerprint density at radius 2 is 0.661 bits per heavy atom. The number of nitrogens with zero attached hydrogens (tertiary/aromatic N) is 15. The molecule has 0 aliphatic carbocycles. The van der Waals surface area contributed by atoms with Crippen LogP contribution < -0.4 is 0 Å². The number of likely N-dealkylation sites (N-methyl/N-ethyl adjacent to an activating group) is 5. The molecule has 2 unspecified atom stereocenters. The number of rotatable bonds is 1. The highest BCUT2D eigenvalue weighted by Crippen LogP contribution is 2.41. The van der Waals surface area contributed by atoms with Crippen molar-refractivity contribution < 1.29 is 0 Å². The molecule has 10 aromatic heterocycles. The first kappa shape index (κ1) is 80.1. The summed E-state index contributed by atoms with van der Waals surface area (Å²) in [5.74, 6) is 16.3. The van der Waals surface area contributed by atoms with Gasteiger partial charge in [-0.05, 0) is 291 Å². The van der Waals surface area contributed by atoms with Crippen molar-refractivity contribution in [3.05, 3.63) is 323 Å². The van der Waals surface area contributed by atoms with Crippen LogP contribution in [-0.4, -0.2) is 140 Å². The summed E-state index contributed by atoms with van der Waals surface area (Å²) in [5.41, 5.74) is 25.3. The quantitative estimate of drug-likeness (QED) is 0.148. The standard InChI is InChI=1S/C21H20ClN3.C20H18ClN3.C20H19N3.2C19H16ClN3/c1-3-19-21-17(9-12-24(19)2)18-14-16(22)4-5-20(18)25(21)13-8-15-6-10-23-11-7-15;1-14-20-17(8-11-23(14)2)18-13-16(21)3-4-19(18)24(20)12-7-15-5-9-22-10-6-15;1-15-5-6-19-18(12-15)17-8-10-22(2)14-20(17)23(19)11-7-16-4-3-9-21-13-16;1-22-10-7-16-17-12-15(20)2-3-18(17)23(19(16)13-22)11-6-14-4-8-21-9-5-14;1-22-9-7-16-17-11-15(20)4-5-18(17)23(19(16)13-22)10-6-14-3-2-8-21-12-14/h4-7,10-11,14,19H,3,9,12H2,1-2H3;3-6,9-10,13-14H,8,11H2,1-2H3;3-6,9,12-13H,8,10,14H2,1-2H3;2-5,8-9,12H,7,10,13H2,1H3;2-5,8,11-12H,7,9,13H2,1H3. The van der Waals surface area contributed by atoms with E-state index < -0.39 is 0 Å². The van der Waals surface area contributed by atoms with Gasteiger partial charge in [0.25, 0.3) is 0 Å². The third-order valence-corrected chi connectivity index (χ3v) is 23.8. The summed E-state index contributed by atoms with van der Waals surface area (Å²) in [4.78, 5) is 32.2. The van der Waals surface area contributed by atoms with Crippen molar-refractivity contribution in [3.63, 3.8) is 0 Å². The van der Waals surface area contributed by atoms with Crippen molar-refractivity contribution in [1.82, 2.24) is 72.3 Å². The minimum Gasteiger partial charge on any atom is -0.300 e. The first-order chi connectivity index (χ1) is 57.5.